The lowest BCUT2D eigenvalue weighted by molar-refractivity contribution is -0.140. The topological polar surface area (TPSA) is 74.6 Å². The maximum atomic E-state index is 10.2. The van der Waals surface area contributed by atoms with Crippen molar-refractivity contribution in [3.63, 3.8) is 0 Å². The summed E-state index contributed by atoms with van der Waals surface area (Å²) >= 11 is 0. The van der Waals surface area contributed by atoms with E-state index in [1.165, 1.54) is 19.1 Å². The van der Waals surface area contributed by atoms with Crippen LogP contribution in [0.2, 0.25) is 0 Å². The third kappa shape index (κ3) is 5.14. The van der Waals surface area contributed by atoms with Gasteiger partial charge in [-0.1, -0.05) is 12.2 Å². The third-order valence-electron chi connectivity index (χ3n) is 1.11. The molecule has 0 saturated carbocycles. The van der Waals surface area contributed by atoms with Crippen LogP contribution in [0.1, 0.15) is 13.3 Å². The Bertz CT molecular complexity index is 183. The van der Waals surface area contributed by atoms with Gasteiger partial charge in [-0.2, -0.15) is 0 Å². The average molecular weight is 158 g/mol. The van der Waals surface area contributed by atoms with Crippen molar-refractivity contribution in [3.8, 4) is 0 Å². The first kappa shape index (κ1) is 9.68. The minimum absolute atomic E-state index is 0.127. The summed E-state index contributed by atoms with van der Waals surface area (Å²) in [6, 6.07) is 0. The highest BCUT2D eigenvalue weighted by atomic mass is 16.4. The second-order valence-corrected chi connectivity index (χ2v) is 2.15. The lowest BCUT2D eigenvalue weighted by Crippen LogP contribution is -2.05. The number of carboxylic acid groups (broad SMARTS) is 2. The molecule has 4 nitrogen and oxygen atoms in total. The summed E-state index contributed by atoms with van der Waals surface area (Å²) in [5, 5.41) is 16.5. The van der Waals surface area contributed by atoms with E-state index in [1.807, 2.05) is 0 Å². The van der Waals surface area contributed by atoms with Gasteiger partial charge in [0, 0.05) is 0 Å². The number of hydrogen-bond donors (Lipinski definition) is 2. The Morgan fingerprint density at radius 3 is 2.36 bits per heavy atom. The summed E-state index contributed by atoms with van der Waals surface area (Å²) in [6.07, 6.45) is 2.56. The molecule has 0 aromatic rings. The SMILES string of the molecule is CC(C=CCC(=O)O)C(=O)O. The minimum Gasteiger partial charge on any atom is -0.481 e. The Morgan fingerprint density at radius 1 is 1.45 bits per heavy atom. The fraction of sp³-hybridized carbons (Fsp3) is 0.429. The van der Waals surface area contributed by atoms with Crippen LogP contribution in [0.3, 0.4) is 0 Å². The van der Waals surface area contributed by atoms with Crippen LogP contribution in [0.25, 0.3) is 0 Å². The van der Waals surface area contributed by atoms with E-state index in [9.17, 15) is 9.59 Å². The average Bonchev–Trinajstić information content (AvgIpc) is 1.86. The van der Waals surface area contributed by atoms with Crippen LogP contribution < -0.4 is 0 Å². The molecule has 0 aromatic heterocycles. The second kappa shape index (κ2) is 4.49. The lowest BCUT2D eigenvalue weighted by atomic mass is 10.1. The van der Waals surface area contributed by atoms with Gasteiger partial charge in [0.15, 0.2) is 0 Å². The van der Waals surface area contributed by atoms with Gasteiger partial charge in [0.2, 0.25) is 0 Å². The van der Waals surface area contributed by atoms with Crippen molar-refractivity contribution in [1.82, 2.24) is 0 Å². The molecule has 0 amide bonds. The molecule has 0 bridgehead atoms. The fourth-order valence-electron chi connectivity index (χ4n) is 0.455. The molecular formula is C7H10O4. The molecule has 11 heavy (non-hydrogen) atoms. The van der Waals surface area contributed by atoms with Gasteiger partial charge in [0.05, 0.1) is 12.3 Å². The van der Waals surface area contributed by atoms with Gasteiger partial charge < -0.3 is 10.2 Å². The molecule has 0 aliphatic rings. The largest absolute Gasteiger partial charge is 0.481 e. The molecule has 4 heteroatoms. The smallest absolute Gasteiger partial charge is 0.310 e. The van der Waals surface area contributed by atoms with Gasteiger partial charge in [-0.05, 0) is 6.92 Å². The highest BCUT2D eigenvalue weighted by Crippen LogP contribution is 1.97. The van der Waals surface area contributed by atoms with Crippen LogP contribution in [0, 0.1) is 5.92 Å². The monoisotopic (exact) mass is 158 g/mol. The van der Waals surface area contributed by atoms with Crippen LogP contribution in [-0.4, -0.2) is 22.2 Å². The van der Waals surface area contributed by atoms with Crippen LogP contribution in [-0.2, 0) is 9.59 Å². The zero-order valence-corrected chi connectivity index (χ0v) is 6.15. The van der Waals surface area contributed by atoms with Crippen LogP contribution in [0.4, 0.5) is 0 Å². The Balaban J connectivity index is 3.74. The Morgan fingerprint density at radius 2 is 2.00 bits per heavy atom. The van der Waals surface area contributed by atoms with Crippen LogP contribution in [0.15, 0.2) is 12.2 Å². The van der Waals surface area contributed by atoms with Crippen molar-refractivity contribution >= 4 is 11.9 Å². The maximum absolute atomic E-state index is 10.2. The van der Waals surface area contributed by atoms with E-state index < -0.39 is 17.9 Å². The Kier molecular flexibility index (Phi) is 3.95. The summed E-state index contributed by atoms with van der Waals surface area (Å²) in [5.74, 6) is -2.53. The summed E-state index contributed by atoms with van der Waals surface area (Å²) < 4.78 is 0. The molecule has 62 valence electrons. The molecule has 0 aliphatic heterocycles. The minimum atomic E-state index is -0.959. The molecule has 2 N–H and O–H groups in total. The molecule has 0 saturated heterocycles. The summed E-state index contributed by atoms with van der Waals surface area (Å²) in [4.78, 5) is 20.1. The Hall–Kier alpha value is -1.32. The molecule has 1 atom stereocenters. The highest BCUT2D eigenvalue weighted by molar-refractivity contribution is 5.72. The van der Waals surface area contributed by atoms with E-state index in [2.05, 4.69) is 0 Å². The summed E-state index contributed by atoms with van der Waals surface area (Å²) in [6.45, 7) is 1.49. The van der Waals surface area contributed by atoms with Crippen molar-refractivity contribution < 1.29 is 19.8 Å². The molecule has 0 spiro atoms. The molecule has 0 rings (SSSR count). The van der Waals surface area contributed by atoms with Gasteiger partial charge in [-0.25, -0.2) is 0 Å². The molecule has 0 aromatic carbocycles. The van der Waals surface area contributed by atoms with Crippen LogP contribution >= 0.6 is 0 Å². The zero-order valence-electron chi connectivity index (χ0n) is 6.15. The number of carbonyl (C=O) groups is 2. The van der Waals surface area contributed by atoms with Crippen molar-refractivity contribution in [1.29, 1.82) is 0 Å². The number of hydrogen-bond acceptors (Lipinski definition) is 2. The molecule has 0 radical (unpaired) electrons. The van der Waals surface area contributed by atoms with Crippen molar-refractivity contribution in [2.45, 2.75) is 13.3 Å². The first-order valence-electron chi connectivity index (χ1n) is 3.15. The Labute approximate surface area is 64.2 Å². The lowest BCUT2D eigenvalue weighted by Gasteiger charge is -1.95. The normalized spacial score (nSPS) is 13.2. The quantitative estimate of drug-likeness (QED) is 0.591. The summed E-state index contributed by atoms with van der Waals surface area (Å²) in [7, 11) is 0. The first-order chi connectivity index (χ1) is 5.04. The summed E-state index contributed by atoms with van der Waals surface area (Å²) in [5.41, 5.74) is 0. The molecule has 0 heterocycles. The highest BCUT2D eigenvalue weighted by Gasteiger charge is 2.04. The molecule has 0 aliphatic carbocycles. The standard InChI is InChI=1S/C7H10O4/c1-5(7(10)11)3-2-4-6(8)9/h2-3,5H,4H2,1H3,(H,8,9)(H,10,11). The zero-order chi connectivity index (χ0) is 8.85. The molecular weight excluding hydrogens is 148 g/mol. The fourth-order valence-corrected chi connectivity index (χ4v) is 0.455. The van der Waals surface area contributed by atoms with Gasteiger partial charge in [0.25, 0.3) is 0 Å². The maximum Gasteiger partial charge on any atom is 0.310 e. The molecule has 1 unspecified atom stereocenters. The van der Waals surface area contributed by atoms with Gasteiger partial charge >= 0.3 is 11.9 Å². The number of rotatable bonds is 4. The first-order valence-corrected chi connectivity index (χ1v) is 3.15. The van der Waals surface area contributed by atoms with Crippen molar-refractivity contribution in [2.24, 2.45) is 5.92 Å². The van der Waals surface area contributed by atoms with Gasteiger partial charge in [-0.3, -0.25) is 9.59 Å². The number of carboxylic acids is 2. The predicted octanol–water partition coefficient (Wildman–Crippen LogP) is 0.738. The number of aliphatic carboxylic acids is 2. The molecule has 0 fully saturated rings. The van der Waals surface area contributed by atoms with Crippen molar-refractivity contribution in [2.75, 3.05) is 0 Å². The van der Waals surface area contributed by atoms with E-state index in [1.54, 1.807) is 0 Å². The third-order valence-corrected chi connectivity index (χ3v) is 1.11. The van der Waals surface area contributed by atoms with Crippen LogP contribution in [0.5, 0.6) is 0 Å². The van der Waals surface area contributed by atoms with Crippen molar-refractivity contribution in [3.05, 3.63) is 12.2 Å². The van der Waals surface area contributed by atoms with E-state index in [0.717, 1.165) is 0 Å². The van der Waals surface area contributed by atoms with E-state index in [0.29, 0.717) is 0 Å². The second-order valence-electron chi connectivity index (χ2n) is 2.15. The van der Waals surface area contributed by atoms with E-state index in [4.69, 9.17) is 10.2 Å². The van der Waals surface area contributed by atoms with E-state index >= 15 is 0 Å². The predicted molar refractivity (Wildman–Crippen MR) is 38.2 cm³/mol. The van der Waals surface area contributed by atoms with Gasteiger partial charge in [0.1, 0.15) is 0 Å². The van der Waals surface area contributed by atoms with E-state index in [-0.39, 0.29) is 6.42 Å². The van der Waals surface area contributed by atoms with Gasteiger partial charge in [-0.15, -0.1) is 0 Å².